The number of pyridine rings is 1. The quantitative estimate of drug-likeness (QED) is 0.734. The van der Waals surface area contributed by atoms with Crippen LogP contribution in [0.25, 0.3) is 11.4 Å². The van der Waals surface area contributed by atoms with Gasteiger partial charge in [-0.05, 0) is 31.9 Å². The molecule has 4 rings (SSSR count). The third-order valence-corrected chi connectivity index (χ3v) is 4.43. The van der Waals surface area contributed by atoms with Crippen LogP contribution in [0.5, 0.6) is 0 Å². The Hall–Kier alpha value is -3.02. The van der Waals surface area contributed by atoms with Crippen LogP contribution in [0.15, 0.2) is 53.2 Å². The SMILES string of the molecule is Cc1ccc(-c2noc([C@H]3CCCN3C(=O)c3ccccn3)n2)cc1. The van der Waals surface area contributed by atoms with E-state index in [0.29, 0.717) is 24.0 Å². The molecule has 1 atom stereocenters. The van der Waals surface area contributed by atoms with Crippen molar-refractivity contribution in [3.63, 3.8) is 0 Å². The topological polar surface area (TPSA) is 72.1 Å². The summed E-state index contributed by atoms with van der Waals surface area (Å²) in [5.41, 5.74) is 2.52. The number of rotatable bonds is 3. The van der Waals surface area contributed by atoms with Crippen molar-refractivity contribution in [2.75, 3.05) is 6.54 Å². The molecule has 6 heteroatoms. The van der Waals surface area contributed by atoms with E-state index in [9.17, 15) is 4.79 Å². The van der Waals surface area contributed by atoms with Crippen molar-refractivity contribution in [2.24, 2.45) is 0 Å². The minimum Gasteiger partial charge on any atom is -0.337 e. The lowest BCUT2D eigenvalue weighted by Crippen LogP contribution is -2.31. The normalized spacial score (nSPS) is 17.0. The van der Waals surface area contributed by atoms with Crippen LogP contribution in [0.3, 0.4) is 0 Å². The summed E-state index contributed by atoms with van der Waals surface area (Å²) in [5, 5.41) is 4.09. The number of benzene rings is 1. The maximum absolute atomic E-state index is 12.7. The number of hydrogen-bond donors (Lipinski definition) is 0. The van der Waals surface area contributed by atoms with Crippen LogP contribution in [-0.2, 0) is 0 Å². The highest BCUT2D eigenvalue weighted by Crippen LogP contribution is 2.33. The van der Waals surface area contributed by atoms with E-state index in [-0.39, 0.29) is 11.9 Å². The highest BCUT2D eigenvalue weighted by Gasteiger charge is 2.35. The highest BCUT2D eigenvalue weighted by atomic mass is 16.5. The van der Waals surface area contributed by atoms with Gasteiger partial charge in [0.25, 0.3) is 5.91 Å². The molecule has 126 valence electrons. The first kappa shape index (κ1) is 15.5. The standard InChI is InChI=1S/C19H18N4O2/c1-13-7-9-14(10-8-13)17-21-18(25-22-17)16-6-4-12-23(16)19(24)15-5-2-3-11-20-15/h2-3,5,7-11,16H,4,6,12H2,1H3/t16-/m1/s1. The van der Waals surface area contributed by atoms with Gasteiger partial charge in [-0.1, -0.05) is 41.1 Å². The zero-order valence-corrected chi connectivity index (χ0v) is 13.9. The molecule has 2 aromatic heterocycles. The van der Waals surface area contributed by atoms with Gasteiger partial charge in [-0.15, -0.1) is 0 Å². The average Bonchev–Trinajstić information content (AvgIpc) is 3.31. The molecule has 3 heterocycles. The molecule has 6 nitrogen and oxygen atoms in total. The Labute approximate surface area is 145 Å². The maximum Gasteiger partial charge on any atom is 0.273 e. The summed E-state index contributed by atoms with van der Waals surface area (Å²) in [6.07, 6.45) is 3.35. The van der Waals surface area contributed by atoms with E-state index in [2.05, 4.69) is 15.1 Å². The molecule has 1 aliphatic rings. The second kappa shape index (κ2) is 6.47. The number of carbonyl (C=O) groups excluding carboxylic acids is 1. The fourth-order valence-electron chi connectivity index (χ4n) is 3.09. The van der Waals surface area contributed by atoms with Crippen molar-refractivity contribution in [3.05, 3.63) is 65.8 Å². The van der Waals surface area contributed by atoms with Gasteiger partial charge in [0, 0.05) is 18.3 Å². The number of aryl methyl sites for hydroxylation is 1. The summed E-state index contributed by atoms with van der Waals surface area (Å²) < 4.78 is 5.47. The van der Waals surface area contributed by atoms with Crippen LogP contribution >= 0.6 is 0 Å². The van der Waals surface area contributed by atoms with Gasteiger partial charge in [0.2, 0.25) is 11.7 Å². The second-order valence-corrected chi connectivity index (χ2v) is 6.19. The van der Waals surface area contributed by atoms with Crippen molar-refractivity contribution in [1.29, 1.82) is 0 Å². The van der Waals surface area contributed by atoms with Crippen molar-refractivity contribution in [1.82, 2.24) is 20.0 Å². The number of likely N-dealkylation sites (tertiary alicyclic amines) is 1. The Balaban J connectivity index is 1.59. The lowest BCUT2D eigenvalue weighted by atomic mass is 10.1. The summed E-state index contributed by atoms with van der Waals surface area (Å²) in [6.45, 7) is 2.70. The molecule has 0 N–H and O–H groups in total. The predicted molar refractivity (Wildman–Crippen MR) is 91.7 cm³/mol. The summed E-state index contributed by atoms with van der Waals surface area (Å²) in [5.74, 6) is 0.933. The van der Waals surface area contributed by atoms with Gasteiger partial charge in [-0.2, -0.15) is 4.98 Å². The molecular weight excluding hydrogens is 316 g/mol. The van der Waals surface area contributed by atoms with Gasteiger partial charge in [0.15, 0.2) is 0 Å². The van der Waals surface area contributed by atoms with Gasteiger partial charge < -0.3 is 9.42 Å². The van der Waals surface area contributed by atoms with Crippen molar-refractivity contribution < 1.29 is 9.32 Å². The molecule has 0 unspecified atom stereocenters. The number of amides is 1. The van der Waals surface area contributed by atoms with Crippen LogP contribution in [0.4, 0.5) is 0 Å². The Morgan fingerprint density at radius 3 is 2.80 bits per heavy atom. The zero-order valence-electron chi connectivity index (χ0n) is 13.9. The third kappa shape index (κ3) is 3.03. The van der Waals surface area contributed by atoms with E-state index in [1.54, 1.807) is 23.2 Å². The number of hydrogen-bond acceptors (Lipinski definition) is 5. The number of carbonyl (C=O) groups is 1. The summed E-state index contributed by atoms with van der Waals surface area (Å²) in [6, 6.07) is 13.1. The van der Waals surface area contributed by atoms with Crippen molar-refractivity contribution in [2.45, 2.75) is 25.8 Å². The second-order valence-electron chi connectivity index (χ2n) is 6.19. The van der Waals surface area contributed by atoms with E-state index >= 15 is 0 Å². The van der Waals surface area contributed by atoms with Crippen molar-refractivity contribution >= 4 is 5.91 Å². The lowest BCUT2D eigenvalue weighted by molar-refractivity contribution is 0.0704. The Bertz CT molecular complexity index is 874. The Morgan fingerprint density at radius 1 is 1.20 bits per heavy atom. The first-order chi connectivity index (χ1) is 12.2. The summed E-state index contributed by atoms with van der Waals surface area (Å²) in [4.78, 5) is 23.2. The molecule has 0 saturated carbocycles. The first-order valence-electron chi connectivity index (χ1n) is 8.35. The molecule has 1 fully saturated rings. The van der Waals surface area contributed by atoms with E-state index in [1.807, 2.05) is 37.3 Å². The zero-order chi connectivity index (χ0) is 17.2. The fraction of sp³-hybridized carbons (Fsp3) is 0.263. The molecule has 1 saturated heterocycles. The van der Waals surface area contributed by atoms with Crippen molar-refractivity contribution in [3.8, 4) is 11.4 Å². The minimum absolute atomic E-state index is 0.0989. The van der Waals surface area contributed by atoms with Gasteiger partial charge in [0.1, 0.15) is 11.7 Å². The Morgan fingerprint density at radius 2 is 2.04 bits per heavy atom. The summed E-state index contributed by atoms with van der Waals surface area (Å²) >= 11 is 0. The van der Waals surface area contributed by atoms with Crippen LogP contribution in [-0.4, -0.2) is 32.5 Å². The molecule has 25 heavy (non-hydrogen) atoms. The van der Waals surface area contributed by atoms with Crippen LogP contribution in [0.2, 0.25) is 0 Å². The van der Waals surface area contributed by atoms with Gasteiger partial charge in [-0.3, -0.25) is 9.78 Å². The first-order valence-corrected chi connectivity index (χ1v) is 8.35. The molecule has 3 aromatic rings. The number of aromatic nitrogens is 3. The molecule has 0 spiro atoms. The van der Waals surface area contributed by atoms with Gasteiger partial charge in [0.05, 0.1) is 0 Å². The number of nitrogens with zero attached hydrogens (tertiary/aromatic N) is 4. The molecule has 1 aromatic carbocycles. The van der Waals surface area contributed by atoms with Crippen LogP contribution in [0, 0.1) is 6.92 Å². The molecule has 1 amide bonds. The Kier molecular flexibility index (Phi) is 4.01. The van der Waals surface area contributed by atoms with Crippen LogP contribution in [0.1, 0.15) is 40.8 Å². The van der Waals surface area contributed by atoms with E-state index in [1.165, 1.54) is 5.56 Å². The van der Waals surface area contributed by atoms with E-state index < -0.39 is 0 Å². The largest absolute Gasteiger partial charge is 0.337 e. The molecule has 0 bridgehead atoms. The predicted octanol–water partition coefficient (Wildman–Crippen LogP) is 3.42. The monoisotopic (exact) mass is 334 g/mol. The minimum atomic E-state index is -0.193. The molecule has 0 radical (unpaired) electrons. The highest BCUT2D eigenvalue weighted by molar-refractivity contribution is 5.92. The molecular formula is C19H18N4O2. The fourth-order valence-corrected chi connectivity index (χ4v) is 3.09. The van der Waals surface area contributed by atoms with Crippen LogP contribution < -0.4 is 0 Å². The van der Waals surface area contributed by atoms with E-state index in [0.717, 1.165) is 18.4 Å². The van der Waals surface area contributed by atoms with Gasteiger partial charge in [-0.25, -0.2) is 0 Å². The smallest absolute Gasteiger partial charge is 0.273 e. The third-order valence-electron chi connectivity index (χ3n) is 4.43. The molecule has 1 aliphatic heterocycles. The lowest BCUT2D eigenvalue weighted by Gasteiger charge is -2.21. The molecule has 0 aliphatic carbocycles. The summed E-state index contributed by atoms with van der Waals surface area (Å²) in [7, 11) is 0. The van der Waals surface area contributed by atoms with Gasteiger partial charge >= 0.3 is 0 Å². The average molecular weight is 334 g/mol. The van der Waals surface area contributed by atoms with E-state index in [4.69, 9.17) is 4.52 Å². The maximum atomic E-state index is 12.7.